The second-order valence-electron chi connectivity index (χ2n) is 6.06. The average molecular weight is 376 g/mol. The van der Waals surface area contributed by atoms with E-state index in [0.717, 1.165) is 0 Å². The van der Waals surface area contributed by atoms with Gasteiger partial charge in [-0.2, -0.15) is 0 Å². The Morgan fingerprint density at radius 1 is 0.893 bits per heavy atom. The number of non-ortho nitro benzene ring substituents is 1. The summed E-state index contributed by atoms with van der Waals surface area (Å²) in [6, 6.07) is 12.3. The highest BCUT2D eigenvalue weighted by Crippen LogP contribution is 2.26. The third-order valence-corrected chi connectivity index (χ3v) is 4.28. The molecule has 0 radical (unpaired) electrons. The zero-order chi connectivity index (χ0) is 19.8. The molecule has 2 heterocycles. The molecule has 0 saturated heterocycles. The first-order chi connectivity index (χ1) is 13.4. The Morgan fingerprint density at radius 3 is 2.29 bits per heavy atom. The van der Waals surface area contributed by atoms with E-state index in [1.807, 2.05) is 0 Å². The van der Waals surface area contributed by atoms with Gasteiger partial charge in [0.25, 0.3) is 16.8 Å². The molecule has 2 aromatic carbocycles. The SMILES string of the molecule is O=C1C(=c2[nH]c(=O)c(=Cc3ccc([N+](=O)[O-])cc3)[nH]c2=O)Nc2ccccc21. The summed E-state index contributed by atoms with van der Waals surface area (Å²) >= 11 is 0. The van der Waals surface area contributed by atoms with Crippen LogP contribution in [-0.4, -0.2) is 20.7 Å². The molecule has 0 amide bonds. The van der Waals surface area contributed by atoms with Crippen LogP contribution in [0, 0.1) is 10.1 Å². The number of aromatic amines is 2. The number of nitrogens with one attached hydrogen (secondary N) is 3. The van der Waals surface area contributed by atoms with Gasteiger partial charge in [0.15, 0.2) is 0 Å². The summed E-state index contributed by atoms with van der Waals surface area (Å²) < 4.78 is 0. The predicted octanol–water partition coefficient (Wildman–Crippen LogP) is 0.217. The molecular formula is C19H12N4O5. The number of carbonyl (C=O) groups is 1. The van der Waals surface area contributed by atoms with E-state index in [0.29, 0.717) is 16.8 Å². The van der Waals surface area contributed by atoms with Crippen molar-refractivity contribution in [3.05, 3.63) is 101 Å². The maximum Gasteiger partial charge on any atom is 0.274 e. The number of ketones is 1. The van der Waals surface area contributed by atoms with Gasteiger partial charge in [-0.1, -0.05) is 12.1 Å². The number of Topliss-reactive ketones (excluding diaryl/α,β-unsaturated/α-hetero) is 1. The fraction of sp³-hybridized carbons (Fsp3) is 0. The van der Waals surface area contributed by atoms with Crippen LogP contribution in [0.15, 0.2) is 58.1 Å². The number of nitro groups is 1. The number of carbonyl (C=O) groups excluding carboxylic acids is 1. The van der Waals surface area contributed by atoms with E-state index in [1.165, 1.54) is 30.3 Å². The summed E-state index contributed by atoms with van der Waals surface area (Å²) in [4.78, 5) is 52.4. The third kappa shape index (κ3) is 2.90. The van der Waals surface area contributed by atoms with E-state index in [-0.39, 0.29) is 27.9 Å². The van der Waals surface area contributed by atoms with E-state index in [1.54, 1.807) is 24.3 Å². The Balaban J connectivity index is 1.83. The van der Waals surface area contributed by atoms with Gasteiger partial charge in [-0.05, 0) is 35.9 Å². The Hall–Kier alpha value is -4.27. The van der Waals surface area contributed by atoms with Gasteiger partial charge in [0.1, 0.15) is 16.4 Å². The van der Waals surface area contributed by atoms with Crippen LogP contribution in [0.1, 0.15) is 15.9 Å². The number of para-hydroxylation sites is 1. The number of rotatable bonds is 2. The highest BCUT2D eigenvalue weighted by molar-refractivity contribution is 6.33. The monoisotopic (exact) mass is 376 g/mol. The number of H-pyrrole nitrogens is 2. The van der Waals surface area contributed by atoms with Crippen LogP contribution in [0.5, 0.6) is 0 Å². The number of benzene rings is 2. The van der Waals surface area contributed by atoms with Crippen molar-refractivity contribution in [2.45, 2.75) is 0 Å². The summed E-state index contributed by atoms with van der Waals surface area (Å²) in [7, 11) is 0. The molecule has 3 N–H and O–H groups in total. The van der Waals surface area contributed by atoms with Gasteiger partial charge in [0, 0.05) is 23.4 Å². The van der Waals surface area contributed by atoms with Crippen molar-refractivity contribution in [3.8, 4) is 0 Å². The van der Waals surface area contributed by atoms with Gasteiger partial charge < -0.3 is 15.3 Å². The van der Waals surface area contributed by atoms with Crippen LogP contribution in [0.3, 0.4) is 0 Å². The molecule has 0 aliphatic carbocycles. The molecular weight excluding hydrogens is 364 g/mol. The molecule has 0 saturated carbocycles. The molecule has 0 unspecified atom stereocenters. The molecule has 0 bridgehead atoms. The molecule has 0 atom stereocenters. The summed E-state index contributed by atoms with van der Waals surface area (Å²) in [6.45, 7) is 0. The number of hydrogen-bond donors (Lipinski definition) is 3. The summed E-state index contributed by atoms with van der Waals surface area (Å²) in [5.41, 5.74) is 0.138. The van der Waals surface area contributed by atoms with Crippen molar-refractivity contribution in [2.24, 2.45) is 0 Å². The summed E-state index contributed by atoms with van der Waals surface area (Å²) in [5, 5.41) is 13.4. The van der Waals surface area contributed by atoms with E-state index < -0.39 is 16.0 Å². The smallest absolute Gasteiger partial charge is 0.274 e. The van der Waals surface area contributed by atoms with Gasteiger partial charge >= 0.3 is 0 Å². The number of fused-ring (bicyclic) bond motifs is 1. The zero-order valence-corrected chi connectivity index (χ0v) is 14.2. The van der Waals surface area contributed by atoms with E-state index in [2.05, 4.69) is 15.3 Å². The second kappa shape index (κ2) is 6.47. The molecule has 3 aromatic rings. The van der Waals surface area contributed by atoms with Gasteiger partial charge in [-0.15, -0.1) is 0 Å². The van der Waals surface area contributed by atoms with Crippen molar-refractivity contribution >= 4 is 28.9 Å². The Kier molecular flexibility index (Phi) is 3.96. The molecule has 4 rings (SSSR count). The average Bonchev–Trinajstić information content (AvgIpc) is 3.01. The topological polar surface area (TPSA) is 138 Å². The predicted molar refractivity (Wildman–Crippen MR) is 101 cm³/mol. The van der Waals surface area contributed by atoms with Gasteiger partial charge in [-0.25, -0.2) is 0 Å². The fourth-order valence-corrected chi connectivity index (χ4v) is 2.91. The van der Waals surface area contributed by atoms with E-state index in [9.17, 15) is 24.5 Å². The van der Waals surface area contributed by atoms with Crippen LogP contribution in [-0.2, 0) is 0 Å². The molecule has 1 aliphatic heterocycles. The van der Waals surface area contributed by atoms with Crippen molar-refractivity contribution < 1.29 is 9.72 Å². The lowest BCUT2D eigenvalue weighted by atomic mass is 10.1. The number of nitrogens with zero attached hydrogens (tertiary/aromatic N) is 1. The first kappa shape index (κ1) is 17.2. The summed E-state index contributed by atoms with van der Waals surface area (Å²) in [6.07, 6.45) is 1.39. The molecule has 9 nitrogen and oxygen atoms in total. The normalized spacial score (nSPS) is 15.3. The van der Waals surface area contributed by atoms with Gasteiger partial charge in [0.2, 0.25) is 5.78 Å². The first-order valence-electron chi connectivity index (χ1n) is 8.18. The lowest BCUT2D eigenvalue weighted by Gasteiger charge is -1.98. The Morgan fingerprint density at radius 2 is 1.61 bits per heavy atom. The van der Waals surface area contributed by atoms with Crippen LogP contribution in [0.25, 0.3) is 11.8 Å². The van der Waals surface area contributed by atoms with Crippen molar-refractivity contribution in [3.63, 3.8) is 0 Å². The molecule has 28 heavy (non-hydrogen) atoms. The van der Waals surface area contributed by atoms with Crippen LogP contribution in [0.2, 0.25) is 0 Å². The van der Waals surface area contributed by atoms with Crippen molar-refractivity contribution in [1.29, 1.82) is 0 Å². The molecule has 138 valence electrons. The maximum absolute atomic E-state index is 12.5. The molecule has 0 fully saturated rings. The fourth-order valence-electron chi connectivity index (χ4n) is 2.91. The van der Waals surface area contributed by atoms with Gasteiger partial charge in [0.05, 0.1) is 4.92 Å². The zero-order valence-electron chi connectivity index (χ0n) is 14.2. The Labute approximate surface area is 155 Å². The standard InChI is InChI=1S/C19H12N4O5/c24-17-12-3-1-2-4-13(12)20-15(17)16-19(26)21-14(18(25)22-16)9-10-5-7-11(8-6-10)23(27)28/h1-9,20H,(H,21,26)(H,22,25). The van der Waals surface area contributed by atoms with Crippen LogP contribution < -0.4 is 27.1 Å². The van der Waals surface area contributed by atoms with E-state index >= 15 is 0 Å². The highest BCUT2D eigenvalue weighted by Gasteiger charge is 2.25. The summed E-state index contributed by atoms with van der Waals surface area (Å²) in [5.74, 6) is -0.385. The quantitative estimate of drug-likeness (QED) is 0.432. The molecule has 9 heteroatoms. The first-order valence-corrected chi connectivity index (χ1v) is 8.18. The maximum atomic E-state index is 12.5. The number of hydrogen-bond acceptors (Lipinski definition) is 6. The second-order valence-corrected chi connectivity index (χ2v) is 6.06. The Bertz CT molecular complexity index is 1370. The minimum absolute atomic E-state index is 0.00133. The highest BCUT2D eigenvalue weighted by atomic mass is 16.6. The molecule has 1 aromatic heterocycles. The lowest BCUT2D eigenvalue weighted by Crippen LogP contribution is -2.48. The lowest BCUT2D eigenvalue weighted by molar-refractivity contribution is -0.384. The third-order valence-electron chi connectivity index (χ3n) is 4.28. The minimum Gasteiger partial charge on any atom is -0.350 e. The van der Waals surface area contributed by atoms with Gasteiger partial charge in [-0.3, -0.25) is 24.5 Å². The van der Waals surface area contributed by atoms with Crippen molar-refractivity contribution in [2.75, 3.05) is 5.32 Å². The number of aromatic nitrogens is 2. The minimum atomic E-state index is -0.642. The molecule has 1 aliphatic rings. The van der Waals surface area contributed by atoms with Crippen LogP contribution >= 0.6 is 0 Å². The van der Waals surface area contributed by atoms with E-state index in [4.69, 9.17) is 0 Å². The number of anilines is 1. The molecule has 0 spiro atoms. The van der Waals surface area contributed by atoms with Crippen LogP contribution in [0.4, 0.5) is 11.4 Å². The number of nitro benzene ring substituents is 1. The van der Waals surface area contributed by atoms with Crippen molar-refractivity contribution in [1.82, 2.24) is 9.97 Å². The largest absolute Gasteiger partial charge is 0.350 e.